The van der Waals surface area contributed by atoms with Crippen LogP contribution in [0.2, 0.25) is 0 Å². The van der Waals surface area contributed by atoms with Gasteiger partial charge in [-0.1, -0.05) is 26.0 Å². The normalized spacial score (nSPS) is 10.7. The highest BCUT2D eigenvalue weighted by Crippen LogP contribution is 2.30. The zero-order chi connectivity index (χ0) is 20.1. The molecular weight excluding hydrogens is 354 g/mol. The van der Waals surface area contributed by atoms with Gasteiger partial charge >= 0.3 is 0 Å². The van der Waals surface area contributed by atoms with Gasteiger partial charge in [0, 0.05) is 17.7 Å². The van der Waals surface area contributed by atoms with Crippen LogP contribution in [0.3, 0.4) is 0 Å². The molecule has 6 nitrogen and oxygen atoms in total. The Kier molecular flexibility index (Phi) is 6.09. The number of nitrogens with zero attached hydrogens (tertiary/aromatic N) is 2. The number of amides is 1. The van der Waals surface area contributed by atoms with Crippen molar-refractivity contribution in [1.29, 1.82) is 0 Å². The zero-order valence-corrected chi connectivity index (χ0v) is 16.7. The summed E-state index contributed by atoms with van der Waals surface area (Å²) in [5.74, 6) is 1.08. The first-order valence-electron chi connectivity index (χ1n) is 9.38. The number of methoxy groups -OCH3 is 2. The summed E-state index contributed by atoms with van der Waals surface area (Å²) >= 11 is 0. The molecule has 3 rings (SSSR count). The molecule has 1 amide bonds. The highest BCUT2D eigenvalue weighted by atomic mass is 16.5. The standard InChI is InChI=1S/C22H25N3O3/c1-5-16-17(6-2)25-19-12-14(10-11-18(19)24-16)22(26)23-13-15-8-7-9-20(27-3)21(15)28-4/h7-12H,5-6,13H2,1-4H3,(H,23,26). The summed E-state index contributed by atoms with van der Waals surface area (Å²) in [7, 11) is 3.17. The number of fused-ring (bicyclic) bond motifs is 1. The van der Waals surface area contributed by atoms with E-state index in [1.54, 1.807) is 26.4 Å². The SMILES string of the molecule is CCc1nc2ccc(C(=O)NCc3cccc(OC)c3OC)cc2nc1CC. The van der Waals surface area contributed by atoms with Gasteiger partial charge < -0.3 is 14.8 Å². The van der Waals surface area contributed by atoms with Crippen molar-refractivity contribution in [2.75, 3.05) is 14.2 Å². The van der Waals surface area contributed by atoms with E-state index in [1.165, 1.54) is 0 Å². The first kappa shape index (κ1) is 19.6. The highest BCUT2D eigenvalue weighted by Gasteiger charge is 2.13. The Morgan fingerprint density at radius 1 is 0.964 bits per heavy atom. The molecule has 2 aromatic carbocycles. The second kappa shape index (κ2) is 8.69. The first-order chi connectivity index (χ1) is 13.6. The largest absolute Gasteiger partial charge is 0.493 e. The fourth-order valence-electron chi connectivity index (χ4n) is 3.21. The van der Waals surface area contributed by atoms with Crippen molar-refractivity contribution in [3.8, 4) is 11.5 Å². The van der Waals surface area contributed by atoms with Crippen molar-refractivity contribution < 1.29 is 14.3 Å². The van der Waals surface area contributed by atoms with E-state index in [-0.39, 0.29) is 5.91 Å². The van der Waals surface area contributed by atoms with Gasteiger partial charge in [-0.15, -0.1) is 0 Å². The third-order valence-electron chi connectivity index (χ3n) is 4.68. The number of ether oxygens (including phenoxy) is 2. The molecule has 0 bridgehead atoms. The molecule has 0 fully saturated rings. The lowest BCUT2D eigenvalue weighted by molar-refractivity contribution is 0.0950. The summed E-state index contributed by atoms with van der Waals surface area (Å²) in [5.41, 5.74) is 4.93. The molecule has 0 atom stereocenters. The van der Waals surface area contributed by atoms with Crippen LogP contribution in [0.1, 0.15) is 41.2 Å². The van der Waals surface area contributed by atoms with Crippen molar-refractivity contribution in [3.05, 3.63) is 58.9 Å². The van der Waals surface area contributed by atoms with Gasteiger partial charge in [0.25, 0.3) is 5.91 Å². The molecule has 6 heteroatoms. The Labute approximate surface area is 164 Å². The number of aromatic nitrogens is 2. The summed E-state index contributed by atoms with van der Waals surface area (Å²) < 4.78 is 10.7. The predicted octanol–water partition coefficient (Wildman–Crippen LogP) is 3.70. The van der Waals surface area contributed by atoms with Crippen LogP contribution in [0.5, 0.6) is 11.5 Å². The lowest BCUT2D eigenvalue weighted by Gasteiger charge is -2.13. The number of rotatable bonds is 7. The third kappa shape index (κ3) is 3.91. The van der Waals surface area contributed by atoms with Gasteiger partial charge in [-0.3, -0.25) is 4.79 Å². The number of nitrogens with one attached hydrogen (secondary N) is 1. The summed E-state index contributed by atoms with van der Waals surface area (Å²) in [6.45, 7) is 4.47. The Bertz CT molecular complexity index is 1000. The Morgan fingerprint density at radius 2 is 1.68 bits per heavy atom. The molecule has 28 heavy (non-hydrogen) atoms. The van der Waals surface area contributed by atoms with E-state index in [2.05, 4.69) is 24.1 Å². The van der Waals surface area contributed by atoms with E-state index in [9.17, 15) is 4.79 Å². The molecule has 146 valence electrons. The smallest absolute Gasteiger partial charge is 0.251 e. The molecule has 0 aliphatic heterocycles. The van der Waals surface area contributed by atoms with Crippen molar-refractivity contribution in [3.63, 3.8) is 0 Å². The van der Waals surface area contributed by atoms with Gasteiger partial charge in [0.1, 0.15) is 0 Å². The highest BCUT2D eigenvalue weighted by molar-refractivity contribution is 5.97. The van der Waals surface area contributed by atoms with Crippen LogP contribution in [-0.2, 0) is 19.4 Å². The van der Waals surface area contributed by atoms with Gasteiger partial charge in [-0.2, -0.15) is 0 Å². The number of para-hydroxylation sites is 1. The zero-order valence-electron chi connectivity index (χ0n) is 16.7. The minimum absolute atomic E-state index is 0.175. The van der Waals surface area contributed by atoms with E-state index in [0.29, 0.717) is 23.6 Å². The van der Waals surface area contributed by atoms with Crippen molar-refractivity contribution >= 4 is 16.9 Å². The molecule has 3 aromatic rings. The van der Waals surface area contributed by atoms with E-state index in [0.717, 1.165) is 40.8 Å². The Hall–Kier alpha value is -3.15. The summed E-state index contributed by atoms with van der Waals surface area (Å²) in [6.07, 6.45) is 1.66. The number of hydrogen-bond donors (Lipinski definition) is 1. The monoisotopic (exact) mass is 379 g/mol. The van der Waals surface area contributed by atoms with Gasteiger partial charge in [-0.25, -0.2) is 9.97 Å². The summed E-state index contributed by atoms with van der Waals surface area (Å²) in [6, 6.07) is 11.0. The maximum atomic E-state index is 12.7. The van der Waals surface area contributed by atoms with Crippen molar-refractivity contribution in [2.24, 2.45) is 0 Å². The fraction of sp³-hybridized carbons (Fsp3) is 0.318. The van der Waals surface area contributed by atoms with Crippen LogP contribution in [0.15, 0.2) is 36.4 Å². The van der Waals surface area contributed by atoms with E-state index < -0.39 is 0 Å². The average Bonchev–Trinajstić information content (AvgIpc) is 2.75. The molecule has 0 saturated heterocycles. The molecule has 1 N–H and O–H groups in total. The van der Waals surface area contributed by atoms with Crippen LogP contribution >= 0.6 is 0 Å². The summed E-state index contributed by atoms with van der Waals surface area (Å²) in [4.78, 5) is 22.0. The van der Waals surface area contributed by atoms with E-state index in [4.69, 9.17) is 14.5 Å². The van der Waals surface area contributed by atoms with Crippen molar-refractivity contribution in [2.45, 2.75) is 33.2 Å². The molecule has 0 spiro atoms. The fourth-order valence-corrected chi connectivity index (χ4v) is 3.21. The van der Waals surface area contributed by atoms with Crippen molar-refractivity contribution in [1.82, 2.24) is 15.3 Å². The molecule has 0 unspecified atom stereocenters. The number of aryl methyl sites for hydroxylation is 2. The predicted molar refractivity (Wildman–Crippen MR) is 109 cm³/mol. The molecule has 1 heterocycles. The minimum Gasteiger partial charge on any atom is -0.493 e. The first-order valence-corrected chi connectivity index (χ1v) is 9.38. The molecule has 0 saturated carbocycles. The minimum atomic E-state index is -0.175. The lowest BCUT2D eigenvalue weighted by Crippen LogP contribution is -2.23. The molecular formula is C22H25N3O3. The van der Waals surface area contributed by atoms with Crippen LogP contribution in [0.4, 0.5) is 0 Å². The number of hydrogen-bond acceptors (Lipinski definition) is 5. The molecule has 1 aromatic heterocycles. The van der Waals surface area contributed by atoms with Crippen LogP contribution in [0, 0.1) is 0 Å². The number of carbonyl (C=O) groups is 1. The maximum absolute atomic E-state index is 12.7. The Morgan fingerprint density at radius 3 is 2.32 bits per heavy atom. The lowest BCUT2D eigenvalue weighted by atomic mass is 10.1. The molecule has 0 radical (unpaired) electrons. The van der Waals surface area contributed by atoms with E-state index in [1.807, 2.05) is 24.3 Å². The van der Waals surface area contributed by atoms with Crippen LogP contribution < -0.4 is 14.8 Å². The molecule has 0 aliphatic carbocycles. The van der Waals surface area contributed by atoms with Gasteiger partial charge in [0.05, 0.1) is 36.6 Å². The van der Waals surface area contributed by atoms with Gasteiger partial charge in [0.2, 0.25) is 0 Å². The van der Waals surface area contributed by atoms with Gasteiger partial charge in [0.15, 0.2) is 11.5 Å². The second-order valence-corrected chi connectivity index (χ2v) is 6.36. The Balaban J connectivity index is 1.82. The summed E-state index contributed by atoms with van der Waals surface area (Å²) in [5, 5.41) is 2.93. The number of carbonyl (C=O) groups excluding carboxylic acids is 1. The second-order valence-electron chi connectivity index (χ2n) is 6.36. The third-order valence-corrected chi connectivity index (χ3v) is 4.68. The average molecular weight is 379 g/mol. The maximum Gasteiger partial charge on any atom is 0.251 e. The molecule has 0 aliphatic rings. The van der Waals surface area contributed by atoms with Gasteiger partial charge in [-0.05, 0) is 37.1 Å². The quantitative estimate of drug-likeness (QED) is 0.678. The van der Waals surface area contributed by atoms with Crippen LogP contribution in [-0.4, -0.2) is 30.1 Å². The topological polar surface area (TPSA) is 73.3 Å². The van der Waals surface area contributed by atoms with Crippen LogP contribution in [0.25, 0.3) is 11.0 Å². The number of benzene rings is 2. The van der Waals surface area contributed by atoms with E-state index >= 15 is 0 Å².